The normalized spacial score (nSPS) is 12.8. The highest BCUT2D eigenvalue weighted by molar-refractivity contribution is 6.31. The second kappa shape index (κ2) is 5.17. The van der Waals surface area contributed by atoms with Crippen LogP contribution < -0.4 is 0 Å². The molecule has 1 unspecified atom stereocenters. The molecule has 0 saturated heterocycles. The average Bonchev–Trinajstić information content (AvgIpc) is 2.15. The van der Waals surface area contributed by atoms with Gasteiger partial charge in [0.1, 0.15) is 0 Å². The van der Waals surface area contributed by atoms with E-state index in [1.807, 2.05) is 32.0 Å². The maximum Gasteiger partial charge on any atom is 0.303 e. The Bertz CT molecular complexity index is 347. The summed E-state index contributed by atoms with van der Waals surface area (Å²) in [4.78, 5) is 10.8. The Morgan fingerprint density at radius 1 is 1.40 bits per heavy atom. The zero-order valence-electron chi connectivity index (χ0n) is 8.90. The first-order chi connectivity index (χ1) is 7.02. The molecule has 0 heterocycles. The van der Waals surface area contributed by atoms with Crippen molar-refractivity contribution in [3.05, 3.63) is 34.9 Å². The highest BCUT2D eigenvalue weighted by atomic mass is 35.5. The van der Waals surface area contributed by atoms with E-state index >= 15 is 0 Å². The Hall–Kier alpha value is -1.02. The minimum Gasteiger partial charge on any atom is -0.481 e. The van der Waals surface area contributed by atoms with E-state index in [0.717, 1.165) is 5.56 Å². The van der Waals surface area contributed by atoms with Crippen molar-refractivity contribution in [2.45, 2.75) is 26.2 Å². The number of halogens is 1. The van der Waals surface area contributed by atoms with Crippen molar-refractivity contribution in [2.75, 3.05) is 0 Å². The molecule has 0 radical (unpaired) electrons. The maximum atomic E-state index is 10.8. The quantitative estimate of drug-likeness (QED) is 0.853. The first-order valence-corrected chi connectivity index (χ1v) is 5.36. The molecule has 0 aliphatic carbocycles. The number of benzene rings is 1. The lowest BCUT2D eigenvalue weighted by Crippen LogP contribution is -2.12. The van der Waals surface area contributed by atoms with Crippen LogP contribution in [0, 0.1) is 5.92 Å². The molecule has 82 valence electrons. The van der Waals surface area contributed by atoms with Gasteiger partial charge in [-0.3, -0.25) is 4.79 Å². The molecule has 2 nitrogen and oxygen atoms in total. The summed E-state index contributed by atoms with van der Waals surface area (Å²) < 4.78 is 0. The molecular weight excluding hydrogens is 212 g/mol. The molecule has 0 spiro atoms. The first-order valence-electron chi connectivity index (χ1n) is 4.98. The smallest absolute Gasteiger partial charge is 0.303 e. The molecule has 1 aromatic rings. The molecule has 1 N–H and O–H groups in total. The van der Waals surface area contributed by atoms with Crippen molar-refractivity contribution in [2.24, 2.45) is 5.92 Å². The van der Waals surface area contributed by atoms with Crippen LogP contribution in [0.5, 0.6) is 0 Å². The highest BCUT2D eigenvalue weighted by Gasteiger charge is 2.20. The van der Waals surface area contributed by atoms with Gasteiger partial charge >= 0.3 is 5.97 Å². The molecule has 0 fully saturated rings. The minimum absolute atomic E-state index is 0.0174. The summed E-state index contributed by atoms with van der Waals surface area (Å²) in [5.41, 5.74) is 0.927. The Morgan fingerprint density at radius 3 is 2.47 bits per heavy atom. The van der Waals surface area contributed by atoms with E-state index in [1.165, 1.54) is 0 Å². The number of carboxylic acid groups (broad SMARTS) is 1. The number of carbonyl (C=O) groups is 1. The van der Waals surface area contributed by atoms with Crippen LogP contribution in [0.1, 0.15) is 31.7 Å². The third-order valence-corrected chi connectivity index (χ3v) is 2.85. The van der Waals surface area contributed by atoms with Crippen LogP contribution in [-0.2, 0) is 4.79 Å². The molecule has 0 aliphatic rings. The van der Waals surface area contributed by atoms with E-state index in [2.05, 4.69) is 0 Å². The minimum atomic E-state index is -0.784. The third kappa shape index (κ3) is 3.24. The number of rotatable bonds is 4. The summed E-state index contributed by atoms with van der Waals surface area (Å²) >= 11 is 6.05. The van der Waals surface area contributed by atoms with Gasteiger partial charge in [-0.05, 0) is 23.5 Å². The number of hydrogen-bond donors (Lipinski definition) is 1. The van der Waals surface area contributed by atoms with Gasteiger partial charge in [0.25, 0.3) is 0 Å². The van der Waals surface area contributed by atoms with E-state index in [0.29, 0.717) is 5.02 Å². The van der Waals surface area contributed by atoms with Gasteiger partial charge in [-0.25, -0.2) is 0 Å². The van der Waals surface area contributed by atoms with Crippen LogP contribution in [0.25, 0.3) is 0 Å². The Balaban J connectivity index is 2.99. The molecular formula is C12H15ClO2. The predicted octanol–water partition coefficient (Wildman–Crippen LogP) is 3.55. The SMILES string of the molecule is CC(C)C(CC(=O)O)c1ccccc1Cl. The zero-order valence-corrected chi connectivity index (χ0v) is 9.66. The maximum absolute atomic E-state index is 10.8. The third-order valence-electron chi connectivity index (χ3n) is 2.50. The van der Waals surface area contributed by atoms with Crippen molar-refractivity contribution < 1.29 is 9.90 Å². The molecule has 1 rings (SSSR count). The molecule has 0 aliphatic heterocycles. The molecule has 0 bridgehead atoms. The fourth-order valence-electron chi connectivity index (χ4n) is 1.67. The van der Waals surface area contributed by atoms with Crippen molar-refractivity contribution >= 4 is 17.6 Å². The summed E-state index contributed by atoms with van der Waals surface area (Å²) in [6, 6.07) is 7.44. The summed E-state index contributed by atoms with van der Waals surface area (Å²) in [7, 11) is 0. The molecule has 0 aromatic heterocycles. The van der Waals surface area contributed by atoms with Gasteiger partial charge < -0.3 is 5.11 Å². The van der Waals surface area contributed by atoms with Crippen molar-refractivity contribution in [1.82, 2.24) is 0 Å². The van der Waals surface area contributed by atoms with Gasteiger partial charge in [-0.2, -0.15) is 0 Å². The van der Waals surface area contributed by atoms with Crippen molar-refractivity contribution in [3.63, 3.8) is 0 Å². The lowest BCUT2D eigenvalue weighted by Gasteiger charge is -2.20. The fourth-order valence-corrected chi connectivity index (χ4v) is 1.94. The van der Waals surface area contributed by atoms with Gasteiger partial charge in [0.15, 0.2) is 0 Å². The van der Waals surface area contributed by atoms with Gasteiger partial charge in [0.05, 0.1) is 6.42 Å². The number of hydrogen-bond acceptors (Lipinski definition) is 1. The summed E-state index contributed by atoms with van der Waals surface area (Å²) in [5, 5.41) is 9.49. The van der Waals surface area contributed by atoms with E-state index < -0.39 is 5.97 Å². The molecule has 0 saturated carbocycles. The first kappa shape index (κ1) is 12.1. The highest BCUT2D eigenvalue weighted by Crippen LogP contribution is 2.32. The largest absolute Gasteiger partial charge is 0.481 e. The molecule has 3 heteroatoms. The van der Waals surface area contributed by atoms with Gasteiger partial charge in [-0.1, -0.05) is 43.6 Å². The van der Waals surface area contributed by atoms with Gasteiger partial charge in [0, 0.05) is 5.02 Å². The van der Waals surface area contributed by atoms with Crippen molar-refractivity contribution in [1.29, 1.82) is 0 Å². The van der Waals surface area contributed by atoms with E-state index in [1.54, 1.807) is 6.07 Å². The van der Waals surface area contributed by atoms with Crippen LogP contribution >= 0.6 is 11.6 Å². The summed E-state index contributed by atoms with van der Waals surface area (Å²) in [6.07, 6.45) is 0.126. The Kier molecular flexibility index (Phi) is 4.15. The summed E-state index contributed by atoms with van der Waals surface area (Å²) in [5.74, 6) is -0.536. The standard InChI is InChI=1S/C12H15ClO2/c1-8(2)10(7-12(14)15)9-5-3-4-6-11(9)13/h3-6,8,10H,7H2,1-2H3,(H,14,15). The van der Waals surface area contributed by atoms with E-state index in [9.17, 15) is 4.79 Å². The van der Waals surface area contributed by atoms with Crippen LogP contribution in [0.15, 0.2) is 24.3 Å². The predicted molar refractivity (Wildman–Crippen MR) is 61.3 cm³/mol. The zero-order chi connectivity index (χ0) is 11.4. The topological polar surface area (TPSA) is 37.3 Å². The average molecular weight is 227 g/mol. The second-order valence-corrected chi connectivity index (χ2v) is 4.38. The van der Waals surface area contributed by atoms with Crippen molar-refractivity contribution in [3.8, 4) is 0 Å². The number of carboxylic acids is 1. The second-order valence-electron chi connectivity index (χ2n) is 3.97. The van der Waals surface area contributed by atoms with Crippen LogP contribution in [-0.4, -0.2) is 11.1 Å². The summed E-state index contributed by atoms with van der Waals surface area (Å²) in [6.45, 7) is 4.02. The van der Waals surface area contributed by atoms with E-state index in [-0.39, 0.29) is 18.3 Å². The lowest BCUT2D eigenvalue weighted by molar-refractivity contribution is -0.137. The molecule has 0 amide bonds. The number of aliphatic carboxylic acids is 1. The van der Waals surface area contributed by atoms with Gasteiger partial charge in [-0.15, -0.1) is 0 Å². The van der Waals surface area contributed by atoms with Crippen LogP contribution in [0.2, 0.25) is 5.02 Å². The van der Waals surface area contributed by atoms with Crippen LogP contribution in [0.3, 0.4) is 0 Å². The fraction of sp³-hybridized carbons (Fsp3) is 0.417. The van der Waals surface area contributed by atoms with E-state index in [4.69, 9.17) is 16.7 Å². The lowest BCUT2D eigenvalue weighted by atomic mass is 9.86. The Labute approximate surface area is 94.9 Å². The Morgan fingerprint density at radius 2 is 2.00 bits per heavy atom. The molecule has 1 aromatic carbocycles. The van der Waals surface area contributed by atoms with Gasteiger partial charge in [0.2, 0.25) is 0 Å². The van der Waals surface area contributed by atoms with Crippen LogP contribution in [0.4, 0.5) is 0 Å². The molecule has 15 heavy (non-hydrogen) atoms. The monoisotopic (exact) mass is 226 g/mol. The molecule has 1 atom stereocenters.